The maximum absolute atomic E-state index is 14.2. The van der Waals surface area contributed by atoms with Gasteiger partial charge in [-0.15, -0.1) is 0 Å². The molecule has 0 saturated carbocycles. The number of sulfonamides is 1. The summed E-state index contributed by atoms with van der Waals surface area (Å²) in [6, 6.07) is 21.5. The third-order valence-electron chi connectivity index (χ3n) is 6.12. The van der Waals surface area contributed by atoms with E-state index in [2.05, 4.69) is 0 Å². The predicted octanol–water partition coefficient (Wildman–Crippen LogP) is 4.75. The smallest absolute Gasteiger partial charge is 0.265 e. The summed E-state index contributed by atoms with van der Waals surface area (Å²) in [7, 11) is -4.21. The monoisotopic (exact) mass is 503 g/mol. The third kappa shape index (κ3) is 3.85. The van der Waals surface area contributed by atoms with Crippen molar-refractivity contribution >= 4 is 21.5 Å². The first-order chi connectivity index (χ1) is 17.3. The quantitative estimate of drug-likeness (QED) is 0.539. The number of nitriles is 1. The van der Waals surface area contributed by atoms with Gasteiger partial charge in [0.15, 0.2) is 5.76 Å². The van der Waals surface area contributed by atoms with Gasteiger partial charge in [0.25, 0.3) is 10.0 Å². The van der Waals surface area contributed by atoms with Crippen LogP contribution >= 0.6 is 0 Å². The summed E-state index contributed by atoms with van der Waals surface area (Å²) in [6.45, 7) is 2.31. The summed E-state index contributed by atoms with van der Waals surface area (Å²) < 4.78 is 54.5. The molecule has 7 nitrogen and oxygen atoms in total. The van der Waals surface area contributed by atoms with E-state index in [9.17, 15) is 18.1 Å². The van der Waals surface area contributed by atoms with E-state index in [-0.39, 0.29) is 28.7 Å². The van der Waals surface area contributed by atoms with Gasteiger partial charge < -0.3 is 15.2 Å². The summed E-state index contributed by atoms with van der Waals surface area (Å²) in [6.07, 6.45) is 0. The molecule has 2 aliphatic heterocycles. The summed E-state index contributed by atoms with van der Waals surface area (Å²) in [5.41, 5.74) is 8.24. The second-order valence-corrected chi connectivity index (χ2v) is 10.1. The number of nitrogens with two attached hydrogens (primary N) is 1. The van der Waals surface area contributed by atoms with Crippen LogP contribution in [0.15, 0.2) is 89.2 Å². The topological polar surface area (TPSA) is 106 Å². The van der Waals surface area contributed by atoms with Gasteiger partial charge in [0.2, 0.25) is 5.88 Å². The lowest BCUT2D eigenvalue weighted by atomic mass is 9.88. The van der Waals surface area contributed by atoms with Gasteiger partial charge in [0.1, 0.15) is 28.1 Å². The highest BCUT2D eigenvalue weighted by Crippen LogP contribution is 2.51. The van der Waals surface area contributed by atoms with E-state index in [0.29, 0.717) is 34.7 Å². The third-order valence-corrected chi connectivity index (χ3v) is 8.00. The second-order valence-electron chi connectivity index (χ2n) is 8.28. The highest BCUT2D eigenvalue weighted by atomic mass is 32.2. The molecule has 1 unspecified atom stereocenters. The second kappa shape index (κ2) is 9.06. The molecule has 0 radical (unpaired) electrons. The van der Waals surface area contributed by atoms with Crippen molar-refractivity contribution in [1.29, 1.82) is 5.26 Å². The van der Waals surface area contributed by atoms with Gasteiger partial charge in [0.05, 0.1) is 24.8 Å². The molecule has 3 aromatic rings. The van der Waals surface area contributed by atoms with Crippen molar-refractivity contribution in [2.75, 3.05) is 10.9 Å². The van der Waals surface area contributed by atoms with Crippen molar-refractivity contribution in [3.63, 3.8) is 0 Å². The number of anilines is 1. The van der Waals surface area contributed by atoms with E-state index in [1.807, 2.05) is 13.0 Å². The Labute approximate surface area is 208 Å². The molecule has 3 aromatic carbocycles. The zero-order chi connectivity index (χ0) is 25.4. The zero-order valence-electron chi connectivity index (χ0n) is 19.3. The normalized spacial score (nSPS) is 18.1. The molecule has 0 saturated heterocycles. The Kier molecular flexibility index (Phi) is 5.90. The van der Waals surface area contributed by atoms with Crippen LogP contribution in [-0.2, 0) is 21.3 Å². The fourth-order valence-electron chi connectivity index (χ4n) is 4.49. The largest absolute Gasteiger partial charge is 0.494 e. The lowest BCUT2D eigenvalue weighted by Gasteiger charge is -2.38. The number of allylic oxidation sites excluding steroid dienone is 2. The van der Waals surface area contributed by atoms with Crippen LogP contribution in [0.4, 0.5) is 10.1 Å². The minimum absolute atomic E-state index is 0.00241. The van der Waals surface area contributed by atoms with Gasteiger partial charge >= 0.3 is 0 Å². The van der Waals surface area contributed by atoms with Gasteiger partial charge in [-0.25, -0.2) is 12.8 Å². The molecule has 182 valence electrons. The molecule has 9 heteroatoms. The van der Waals surface area contributed by atoms with Crippen molar-refractivity contribution in [2.45, 2.75) is 19.4 Å². The molecule has 36 heavy (non-hydrogen) atoms. The molecule has 0 spiro atoms. The van der Waals surface area contributed by atoms with Gasteiger partial charge in [0, 0.05) is 5.56 Å². The number of nitrogens with zero attached hydrogens (tertiary/aromatic N) is 2. The number of hydrogen-bond acceptors (Lipinski definition) is 6. The summed E-state index contributed by atoms with van der Waals surface area (Å²) in [4.78, 5) is -0.0711. The lowest BCUT2D eigenvalue weighted by Crippen LogP contribution is -2.39. The van der Waals surface area contributed by atoms with Crippen LogP contribution in [0.25, 0.3) is 5.76 Å². The molecule has 0 amide bonds. The SMILES string of the molecule is CCOc1ccc(C2C(C#N)=C(N)OC3=C2S(=O)(=O)N(Cc2ccc(F)cc2)c2ccccc23)cc1. The number of hydrogen-bond donors (Lipinski definition) is 1. The van der Waals surface area contributed by atoms with Gasteiger partial charge in [-0.3, -0.25) is 4.31 Å². The minimum Gasteiger partial charge on any atom is -0.494 e. The van der Waals surface area contributed by atoms with E-state index < -0.39 is 21.8 Å². The van der Waals surface area contributed by atoms with Crippen LogP contribution in [0.2, 0.25) is 0 Å². The van der Waals surface area contributed by atoms with Crippen molar-refractivity contribution in [2.24, 2.45) is 5.73 Å². The van der Waals surface area contributed by atoms with E-state index in [1.165, 1.54) is 28.6 Å². The number of para-hydroxylation sites is 1. The van der Waals surface area contributed by atoms with Gasteiger partial charge in [-0.2, -0.15) is 5.26 Å². The van der Waals surface area contributed by atoms with Crippen LogP contribution in [-0.4, -0.2) is 15.0 Å². The standard InChI is InChI=1S/C27H22FN3O4S/c1-2-34-20-13-9-18(10-14-20)24-22(15-29)27(30)35-25-21-5-3-4-6-23(21)31(36(32,33)26(24)25)16-17-7-11-19(28)12-8-17/h3-14,24H,2,16,30H2,1H3. The van der Waals surface area contributed by atoms with E-state index >= 15 is 0 Å². The first kappa shape index (κ1) is 23.5. The molecule has 0 aromatic heterocycles. The molecule has 2 aliphatic rings. The maximum Gasteiger partial charge on any atom is 0.265 e. The minimum atomic E-state index is -4.21. The molecule has 0 fully saturated rings. The average Bonchev–Trinajstić information content (AvgIpc) is 2.87. The number of halogens is 1. The van der Waals surface area contributed by atoms with Crippen LogP contribution in [0.5, 0.6) is 5.75 Å². The summed E-state index contributed by atoms with van der Waals surface area (Å²) in [5.74, 6) is -0.833. The Morgan fingerprint density at radius 2 is 1.78 bits per heavy atom. The van der Waals surface area contributed by atoms with Crippen LogP contribution in [0.1, 0.15) is 29.5 Å². The van der Waals surface area contributed by atoms with Crippen LogP contribution < -0.4 is 14.8 Å². The summed E-state index contributed by atoms with van der Waals surface area (Å²) >= 11 is 0. The molecular weight excluding hydrogens is 481 g/mol. The fraction of sp³-hybridized carbons (Fsp3) is 0.148. The highest BCUT2D eigenvalue weighted by molar-refractivity contribution is 7.96. The molecule has 5 rings (SSSR count). The molecule has 0 aliphatic carbocycles. The maximum atomic E-state index is 14.2. The Balaban J connectivity index is 1.71. The number of rotatable bonds is 5. The predicted molar refractivity (Wildman–Crippen MR) is 133 cm³/mol. The van der Waals surface area contributed by atoms with Crippen molar-refractivity contribution in [3.05, 3.63) is 112 Å². The fourth-order valence-corrected chi connectivity index (χ4v) is 6.40. The number of benzene rings is 3. The van der Waals surface area contributed by atoms with Crippen molar-refractivity contribution < 1.29 is 22.3 Å². The number of fused-ring (bicyclic) bond motifs is 2. The molecular formula is C27H22FN3O4S. The Hall–Kier alpha value is -4.29. The average molecular weight is 504 g/mol. The van der Waals surface area contributed by atoms with E-state index in [4.69, 9.17) is 15.2 Å². The number of ether oxygens (including phenoxy) is 2. The van der Waals surface area contributed by atoms with Crippen molar-refractivity contribution in [3.8, 4) is 11.8 Å². The first-order valence-electron chi connectivity index (χ1n) is 11.3. The lowest BCUT2D eigenvalue weighted by molar-refractivity contribution is 0.340. The van der Waals surface area contributed by atoms with E-state index in [0.717, 1.165) is 0 Å². The molecule has 1 atom stereocenters. The highest BCUT2D eigenvalue weighted by Gasteiger charge is 2.47. The zero-order valence-corrected chi connectivity index (χ0v) is 20.1. The summed E-state index contributed by atoms with van der Waals surface area (Å²) in [5, 5.41) is 9.96. The molecule has 2 N–H and O–H groups in total. The van der Waals surface area contributed by atoms with Crippen LogP contribution in [0, 0.1) is 17.1 Å². The van der Waals surface area contributed by atoms with Crippen molar-refractivity contribution in [1.82, 2.24) is 0 Å². The first-order valence-corrected chi connectivity index (χ1v) is 12.7. The molecule has 2 heterocycles. The van der Waals surface area contributed by atoms with Crippen LogP contribution in [0.3, 0.4) is 0 Å². The Bertz CT molecular complexity index is 1540. The Morgan fingerprint density at radius 3 is 2.44 bits per heavy atom. The molecule has 0 bridgehead atoms. The van der Waals surface area contributed by atoms with Gasteiger partial charge in [-0.1, -0.05) is 36.4 Å². The van der Waals surface area contributed by atoms with E-state index in [1.54, 1.807) is 48.5 Å². The van der Waals surface area contributed by atoms with Gasteiger partial charge in [-0.05, 0) is 54.4 Å². The Morgan fingerprint density at radius 1 is 1.08 bits per heavy atom.